The molecule has 2 amide bonds. The number of anilines is 1. The third-order valence-corrected chi connectivity index (χ3v) is 2.88. The van der Waals surface area contributed by atoms with E-state index in [1.807, 2.05) is 24.3 Å². The van der Waals surface area contributed by atoms with Crippen molar-refractivity contribution in [1.29, 1.82) is 0 Å². The Morgan fingerprint density at radius 3 is 2.23 bits per heavy atom. The van der Waals surface area contributed by atoms with Gasteiger partial charge in [-0.15, -0.1) is 0 Å². The van der Waals surface area contributed by atoms with Crippen molar-refractivity contribution < 1.29 is 14.3 Å². The van der Waals surface area contributed by atoms with E-state index in [-0.39, 0.29) is 18.9 Å². The lowest BCUT2D eigenvalue weighted by Crippen LogP contribution is -2.34. The van der Waals surface area contributed by atoms with E-state index in [1.165, 1.54) is 5.56 Å². The van der Waals surface area contributed by atoms with Crippen LogP contribution >= 0.6 is 0 Å². The second-order valence-corrected chi connectivity index (χ2v) is 6.50. The minimum absolute atomic E-state index is 0.145. The minimum atomic E-state index is -0.537. The van der Waals surface area contributed by atoms with Gasteiger partial charge in [-0.05, 0) is 44.4 Å². The summed E-state index contributed by atoms with van der Waals surface area (Å²) in [5.74, 6) is 0.316. The Bertz CT molecular complexity index is 502. The molecule has 0 aliphatic rings. The van der Waals surface area contributed by atoms with Crippen LogP contribution in [0.15, 0.2) is 24.3 Å². The maximum Gasteiger partial charge on any atom is 0.407 e. The SMILES string of the molecule is CC(C)c1ccc(NC(=O)CCNC(=O)OC(C)(C)C)cc1. The number of carbonyl (C=O) groups excluding carboxylic acids is 2. The Morgan fingerprint density at radius 1 is 1.14 bits per heavy atom. The van der Waals surface area contributed by atoms with Gasteiger partial charge in [0.15, 0.2) is 0 Å². The number of ether oxygens (including phenoxy) is 1. The van der Waals surface area contributed by atoms with Crippen LogP contribution in [-0.2, 0) is 9.53 Å². The lowest BCUT2D eigenvalue weighted by atomic mass is 10.0. The molecule has 0 saturated carbocycles. The molecule has 5 heteroatoms. The highest BCUT2D eigenvalue weighted by molar-refractivity contribution is 5.91. The van der Waals surface area contributed by atoms with E-state index in [2.05, 4.69) is 24.5 Å². The summed E-state index contributed by atoms with van der Waals surface area (Å²) in [5.41, 5.74) is 1.45. The zero-order chi connectivity index (χ0) is 16.8. The van der Waals surface area contributed by atoms with Gasteiger partial charge in [0.25, 0.3) is 0 Å². The van der Waals surface area contributed by atoms with E-state index in [1.54, 1.807) is 20.8 Å². The molecule has 1 aromatic carbocycles. The zero-order valence-corrected chi connectivity index (χ0v) is 14.0. The summed E-state index contributed by atoms with van der Waals surface area (Å²) in [6.45, 7) is 9.86. The summed E-state index contributed by atoms with van der Waals surface area (Å²) in [7, 11) is 0. The molecule has 5 nitrogen and oxygen atoms in total. The van der Waals surface area contributed by atoms with E-state index in [0.29, 0.717) is 5.92 Å². The van der Waals surface area contributed by atoms with Crippen LogP contribution in [0.1, 0.15) is 52.5 Å². The molecular weight excluding hydrogens is 280 g/mol. The van der Waals surface area contributed by atoms with Gasteiger partial charge in [-0.3, -0.25) is 4.79 Å². The summed E-state index contributed by atoms with van der Waals surface area (Å²) >= 11 is 0. The highest BCUT2D eigenvalue weighted by Crippen LogP contribution is 2.17. The van der Waals surface area contributed by atoms with Crippen molar-refractivity contribution in [3.8, 4) is 0 Å². The van der Waals surface area contributed by atoms with E-state index >= 15 is 0 Å². The third kappa shape index (κ3) is 7.11. The number of nitrogens with one attached hydrogen (secondary N) is 2. The summed E-state index contributed by atoms with van der Waals surface area (Å²) in [6.07, 6.45) is -0.313. The van der Waals surface area contributed by atoms with Gasteiger partial charge < -0.3 is 15.4 Å². The van der Waals surface area contributed by atoms with Crippen molar-refractivity contribution in [2.75, 3.05) is 11.9 Å². The summed E-state index contributed by atoms with van der Waals surface area (Å²) < 4.78 is 5.09. The number of hydrogen-bond acceptors (Lipinski definition) is 3. The first-order chi connectivity index (χ1) is 10.2. The molecule has 0 radical (unpaired) electrons. The van der Waals surface area contributed by atoms with E-state index in [9.17, 15) is 9.59 Å². The van der Waals surface area contributed by atoms with Crippen molar-refractivity contribution in [1.82, 2.24) is 5.32 Å². The number of carbonyl (C=O) groups is 2. The lowest BCUT2D eigenvalue weighted by Gasteiger charge is -2.19. The molecule has 0 heterocycles. The Morgan fingerprint density at radius 2 is 1.73 bits per heavy atom. The second kappa shape index (κ2) is 7.82. The average molecular weight is 306 g/mol. The smallest absolute Gasteiger partial charge is 0.407 e. The molecule has 0 unspecified atom stereocenters. The van der Waals surface area contributed by atoms with Crippen molar-refractivity contribution in [3.05, 3.63) is 29.8 Å². The second-order valence-electron chi connectivity index (χ2n) is 6.50. The number of rotatable bonds is 5. The van der Waals surface area contributed by atoms with Gasteiger partial charge in [0.2, 0.25) is 5.91 Å². The average Bonchev–Trinajstić information content (AvgIpc) is 2.37. The minimum Gasteiger partial charge on any atom is -0.444 e. The molecule has 2 N–H and O–H groups in total. The predicted octanol–water partition coefficient (Wildman–Crippen LogP) is 3.66. The predicted molar refractivity (Wildman–Crippen MR) is 88.0 cm³/mol. The van der Waals surface area contributed by atoms with Crippen molar-refractivity contribution in [2.24, 2.45) is 0 Å². The molecule has 1 rings (SSSR count). The van der Waals surface area contributed by atoms with E-state index in [0.717, 1.165) is 5.69 Å². The lowest BCUT2D eigenvalue weighted by molar-refractivity contribution is -0.116. The highest BCUT2D eigenvalue weighted by Gasteiger charge is 2.15. The van der Waals surface area contributed by atoms with Gasteiger partial charge in [-0.1, -0.05) is 26.0 Å². The van der Waals surface area contributed by atoms with Gasteiger partial charge in [0.05, 0.1) is 0 Å². The fourth-order valence-corrected chi connectivity index (χ4v) is 1.77. The highest BCUT2D eigenvalue weighted by atomic mass is 16.6. The number of benzene rings is 1. The molecular formula is C17H26N2O3. The standard InChI is InChI=1S/C17H26N2O3/c1-12(2)13-6-8-14(9-7-13)19-15(20)10-11-18-16(21)22-17(3,4)5/h6-9,12H,10-11H2,1-5H3,(H,18,21)(H,19,20). The van der Waals surface area contributed by atoms with Crippen LogP contribution in [0.3, 0.4) is 0 Å². The third-order valence-electron chi connectivity index (χ3n) is 2.88. The molecule has 1 aromatic rings. The van der Waals surface area contributed by atoms with Crippen LogP contribution in [0.5, 0.6) is 0 Å². The normalized spacial score (nSPS) is 11.2. The molecule has 0 atom stereocenters. The van der Waals surface area contributed by atoms with Gasteiger partial charge in [0.1, 0.15) is 5.60 Å². The molecule has 0 aliphatic carbocycles. The van der Waals surface area contributed by atoms with Gasteiger partial charge >= 0.3 is 6.09 Å². The first kappa shape index (κ1) is 18.0. The molecule has 0 spiro atoms. The Hall–Kier alpha value is -2.04. The Balaban J connectivity index is 2.33. The van der Waals surface area contributed by atoms with Crippen molar-refractivity contribution >= 4 is 17.7 Å². The van der Waals surface area contributed by atoms with Crippen LogP contribution in [-0.4, -0.2) is 24.1 Å². The first-order valence-corrected chi connectivity index (χ1v) is 7.54. The molecule has 0 aromatic heterocycles. The van der Waals surface area contributed by atoms with Crippen molar-refractivity contribution in [3.63, 3.8) is 0 Å². The Labute approximate surface area is 132 Å². The van der Waals surface area contributed by atoms with Gasteiger partial charge in [-0.2, -0.15) is 0 Å². The maximum atomic E-state index is 11.8. The fraction of sp³-hybridized carbons (Fsp3) is 0.529. The van der Waals surface area contributed by atoms with E-state index < -0.39 is 11.7 Å². The Kier molecular flexibility index (Phi) is 6.40. The molecule has 0 saturated heterocycles. The first-order valence-electron chi connectivity index (χ1n) is 7.54. The van der Waals surface area contributed by atoms with Gasteiger partial charge in [-0.25, -0.2) is 4.79 Å². The summed E-state index contributed by atoms with van der Waals surface area (Å²) in [4.78, 5) is 23.2. The van der Waals surface area contributed by atoms with Crippen molar-refractivity contribution in [2.45, 2.75) is 52.6 Å². The molecule has 22 heavy (non-hydrogen) atoms. The molecule has 0 aliphatic heterocycles. The van der Waals surface area contributed by atoms with Crippen LogP contribution in [0.4, 0.5) is 10.5 Å². The zero-order valence-electron chi connectivity index (χ0n) is 14.0. The quantitative estimate of drug-likeness (QED) is 0.872. The van der Waals surface area contributed by atoms with Crippen LogP contribution < -0.4 is 10.6 Å². The van der Waals surface area contributed by atoms with Crippen LogP contribution in [0.2, 0.25) is 0 Å². The van der Waals surface area contributed by atoms with E-state index in [4.69, 9.17) is 4.74 Å². The topological polar surface area (TPSA) is 67.4 Å². The summed E-state index contributed by atoms with van der Waals surface area (Å²) in [5, 5.41) is 5.36. The molecule has 122 valence electrons. The molecule has 0 fully saturated rings. The molecule has 0 bridgehead atoms. The fourth-order valence-electron chi connectivity index (χ4n) is 1.77. The largest absolute Gasteiger partial charge is 0.444 e. The maximum absolute atomic E-state index is 11.8. The van der Waals surface area contributed by atoms with Crippen LogP contribution in [0, 0.1) is 0 Å². The van der Waals surface area contributed by atoms with Gasteiger partial charge in [0, 0.05) is 18.7 Å². The van der Waals surface area contributed by atoms with Crippen LogP contribution in [0.25, 0.3) is 0 Å². The number of amides is 2. The number of alkyl carbamates (subject to hydrolysis) is 1. The summed E-state index contributed by atoms with van der Waals surface area (Å²) in [6, 6.07) is 7.77. The number of hydrogen-bond donors (Lipinski definition) is 2. The monoisotopic (exact) mass is 306 g/mol.